The highest BCUT2D eigenvalue weighted by Crippen LogP contribution is 2.19. The summed E-state index contributed by atoms with van der Waals surface area (Å²) in [5.41, 5.74) is 5.81. The van der Waals surface area contributed by atoms with E-state index in [1.54, 1.807) is 0 Å². The molecule has 0 atom stereocenters. The van der Waals surface area contributed by atoms with Gasteiger partial charge in [-0.15, -0.1) is 5.10 Å². The fourth-order valence-corrected chi connectivity index (χ4v) is 1.69. The first-order valence-electron chi connectivity index (χ1n) is 4.94. The normalized spacial score (nSPS) is 10.3. The van der Waals surface area contributed by atoms with Gasteiger partial charge < -0.3 is 11.1 Å². The van der Waals surface area contributed by atoms with E-state index >= 15 is 0 Å². The van der Waals surface area contributed by atoms with Crippen molar-refractivity contribution in [3.05, 3.63) is 34.8 Å². The first-order valence-corrected chi connectivity index (χ1v) is 5.74. The molecule has 6 nitrogen and oxygen atoms in total. The summed E-state index contributed by atoms with van der Waals surface area (Å²) in [5.74, 6) is -0.595. The molecule has 0 aliphatic carbocycles. The van der Waals surface area contributed by atoms with Crippen molar-refractivity contribution in [2.45, 2.75) is 6.54 Å². The minimum atomic E-state index is -0.392. The summed E-state index contributed by atoms with van der Waals surface area (Å²) in [6, 6.07) is 4.20. The lowest BCUT2D eigenvalue weighted by Crippen LogP contribution is -2.19. The molecule has 3 N–H and O–H groups in total. The number of nitrogens with two attached hydrogens (primary N) is 1. The molecule has 8 heteroatoms. The SMILES string of the molecule is Nc1ncn(CC(=O)Nc2ccc(F)c(Br)c2)n1. The predicted octanol–water partition coefficient (Wildman–Crippen LogP) is 1.40. The number of benzene rings is 1. The standard InChI is InChI=1S/C10H9BrFN5O/c11-7-3-6(1-2-8(7)12)15-9(18)4-17-5-14-10(13)16-17/h1-3,5H,4H2,(H2,13,16)(H,15,18). The Morgan fingerprint density at radius 1 is 1.56 bits per heavy atom. The zero-order valence-corrected chi connectivity index (χ0v) is 10.7. The molecule has 0 bridgehead atoms. The van der Waals surface area contributed by atoms with Crippen LogP contribution in [0.15, 0.2) is 29.0 Å². The van der Waals surface area contributed by atoms with Gasteiger partial charge in [-0.1, -0.05) is 0 Å². The van der Waals surface area contributed by atoms with Gasteiger partial charge in [-0.2, -0.15) is 0 Å². The molecular formula is C10H9BrFN5O. The van der Waals surface area contributed by atoms with Crippen molar-refractivity contribution in [3.8, 4) is 0 Å². The van der Waals surface area contributed by atoms with Crippen LogP contribution in [0.25, 0.3) is 0 Å². The number of anilines is 2. The van der Waals surface area contributed by atoms with Gasteiger partial charge in [0.05, 0.1) is 4.47 Å². The summed E-state index contributed by atoms with van der Waals surface area (Å²) in [5, 5.41) is 6.38. The Hall–Kier alpha value is -1.96. The molecule has 18 heavy (non-hydrogen) atoms. The van der Waals surface area contributed by atoms with Crippen LogP contribution < -0.4 is 11.1 Å². The van der Waals surface area contributed by atoms with E-state index in [4.69, 9.17) is 5.73 Å². The van der Waals surface area contributed by atoms with Gasteiger partial charge in [0.25, 0.3) is 0 Å². The molecule has 1 heterocycles. The lowest BCUT2D eigenvalue weighted by molar-refractivity contribution is -0.116. The number of amides is 1. The van der Waals surface area contributed by atoms with E-state index < -0.39 is 5.82 Å². The Kier molecular flexibility index (Phi) is 3.56. The van der Waals surface area contributed by atoms with Gasteiger partial charge >= 0.3 is 0 Å². The van der Waals surface area contributed by atoms with Crippen LogP contribution in [-0.2, 0) is 11.3 Å². The average molecular weight is 314 g/mol. The van der Waals surface area contributed by atoms with E-state index in [0.717, 1.165) is 0 Å². The molecule has 0 aliphatic rings. The maximum Gasteiger partial charge on any atom is 0.246 e. The van der Waals surface area contributed by atoms with E-state index in [9.17, 15) is 9.18 Å². The fourth-order valence-electron chi connectivity index (χ4n) is 1.31. The van der Waals surface area contributed by atoms with Crippen molar-refractivity contribution in [1.82, 2.24) is 14.8 Å². The molecule has 0 fully saturated rings. The number of rotatable bonds is 3. The molecule has 2 rings (SSSR count). The summed E-state index contributed by atoms with van der Waals surface area (Å²) in [7, 11) is 0. The van der Waals surface area contributed by atoms with E-state index in [-0.39, 0.29) is 22.9 Å². The third-order valence-electron chi connectivity index (χ3n) is 2.06. The van der Waals surface area contributed by atoms with Crippen molar-refractivity contribution >= 4 is 33.5 Å². The fraction of sp³-hybridized carbons (Fsp3) is 0.100. The number of nitrogens with one attached hydrogen (secondary N) is 1. The first-order chi connectivity index (χ1) is 8.54. The summed E-state index contributed by atoms with van der Waals surface area (Å²) < 4.78 is 14.6. The summed E-state index contributed by atoms with van der Waals surface area (Å²) >= 11 is 3.04. The van der Waals surface area contributed by atoms with Gasteiger partial charge in [0.2, 0.25) is 11.9 Å². The number of nitrogens with zero attached hydrogens (tertiary/aromatic N) is 3. The van der Waals surface area contributed by atoms with Crippen LogP contribution >= 0.6 is 15.9 Å². The van der Waals surface area contributed by atoms with Crippen molar-refractivity contribution in [2.75, 3.05) is 11.1 Å². The Morgan fingerprint density at radius 2 is 2.33 bits per heavy atom. The number of carbonyl (C=O) groups is 1. The molecule has 94 valence electrons. The van der Waals surface area contributed by atoms with E-state index in [0.29, 0.717) is 5.69 Å². The molecule has 1 amide bonds. The third kappa shape index (κ3) is 3.04. The monoisotopic (exact) mass is 313 g/mol. The topological polar surface area (TPSA) is 85.8 Å². The van der Waals surface area contributed by atoms with Crippen LogP contribution in [-0.4, -0.2) is 20.7 Å². The first kappa shape index (κ1) is 12.5. The number of nitrogen functional groups attached to an aromatic ring is 1. The highest BCUT2D eigenvalue weighted by atomic mass is 79.9. The molecule has 0 radical (unpaired) electrons. The van der Waals surface area contributed by atoms with E-state index in [1.165, 1.54) is 29.2 Å². The maximum absolute atomic E-state index is 13.0. The van der Waals surface area contributed by atoms with Gasteiger partial charge in [-0.3, -0.25) is 4.79 Å². The Balaban J connectivity index is 2.00. The minimum absolute atomic E-state index is 0.0147. The van der Waals surface area contributed by atoms with E-state index in [2.05, 4.69) is 31.3 Å². The minimum Gasteiger partial charge on any atom is -0.367 e. The number of halogens is 2. The van der Waals surface area contributed by atoms with Gasteiger partial charge in [-0.25, -0.2) is 14.1 Å². The highest BCUT2D eigenvalue weighted by molar-refractivity contribution is 9.10. The zero-order chi connectivity index (χ0) is 13.1. The number of carbonyl (C=O) groups excluding carboxylic acids is 1. The Labute approximate surface area is 110 Å². The third-order valence-corrected chi connectivity index (χ3v) is 2.67. The van der Waals surface area contributed by atoms with Crippen LogP contribution in [0.3, 0.4) is 0 Å². The van der Waals surface area contributed by atoms with Crippen molar-refractivity contribution in [3.63, 3.8) is 0 Å². The second kappa shape index (κ2) is 5.13. The van der Waals surface area contributed by atoms with Crippen molar-refractivity contribution in [1.29, 1.82) is 0 Å². The summed E-state index contributed by atoms with van der Waals surface area (Å²) in [6.07, 6.45) is 1.36. The van der Waals surface area contributed by atoms with Gasteiger partial charge in [0.15, 0.2) is 0 Å². The second-order valence-corrected chi connectivity index (χ2v) is 4.33. The molecule has 2 aromatic rings. The Morgan fingerprint density at radius 3 is 2.94 bits per heavy atom. The largest absolute Gasteiger partial charge is 0.367 e. The number of hydrogen-bond acceptors (Lipinski definition) is 4. The van der Waals surface area contributed by atoms with Gasteiger partial charge in [0.1, 0.15) is 18.7 Å². The highest BCUT2D eigenvalue weighted by Gasteiger charge is 2.07. The molecule has 0 spiro atoms. The molecule has 0 saturated carbocycles. The molecule has 0 aliphatic heterocycles. The molecule has 1 aromatic carbocycles. The predicted molar refractivity (Wildman–Crippen MR) is 67.2 cm³/mol. The molecule has 0 saturated heterocycles. The van der Waals surface area contributed by atoms with Crippen LogP contribution in [0.1, 0.15) is 0 Å². The van der Waals surface area contributed by atoms with Crippen molar-refractivity contribution in [2.24, 2.45) is 0 Å². The number of aromatic nitrogens is 3. The zero-order valence-electron chi connectivity index (χ0n) is 9.10. The van der Waals surface area contributed by atoms with E-state index in [1.807, 2.05) is 0 Å². The van der Waals surface area contributed by atoms with Crippen LogP contribution in [0.2, 0.25) is 0 Å². The Bertz CT molecular complexity index is 585. The summed E-state index contributed by atoms with van der Waals surface area (Å²) in [6.45, 7) is -0.0147. The smallest absolute Gasteiger partial charge is 0.246 e. The number of hydrogen-bond donors (Lipinski definition) is 2. The maximum atomic E-state index is 13.0. The lowest BCUT2D eigenvalue weighted by atomic mass is 10.3. The molecule has 1 aromatic heterocycles. The van der Waals surface area contributed by atoms with Gasteiger partial charge in [0, 0.05) is 5.69 Å². The molecular weight excluding hydrogens is 305 g/mol. The van der Waals surface area contributed by atoms with Crippen LogP contribution in [0.4, 0.5) is 16.0 Å². The van der Waals surface area contributed by atoms with Crippen LogP contribution in [0, 0.1) is 5.82 Å². The summed E-state index contributed by atoms with van der Waals surface area (Å²) in [4.78, 5) is 15.3. The second-order valence-electron chi connectivity index (χ2n) is 3.48. The average Bonchev–Trinajstić information content (AvgIpc) is 2.69. The quantitative estimate of drug-likeness (QED) is 0.897. The van der Waals surface area contributed by atoms with Gasteiger partial charge in [-0.05, 0) is 34.1 Å². The van der Waals surface area contributed by atoms with Crippen molar-refractivity contribution < 1.29 is 9.18 Å². The molecule has 0 unspecified atom stereocenters. The lowest BCUT2D eigenvalue weighted by Gasteiger charge is -2.05. The van der Waals surface area contributed by atoms with Crippen LogP contribution in [0.5, 0.6) is 0 Å².